The fourth-order valence-corrected chi connectivity index (χ4v) is 3.06. The van der Waals surface area contributed by atoms with Crippen molar-refractivity contribution in [2.24, 2.45) is 0 Å². The molecule has 0 saturated carbocycles. The van der Waals surface area contributed by atoms with Crippen LogP contribution in [0.15, 0.2) is 24.4 Å². The molecule has 1 saturated heterocycles. The SMILES string of the molecule is COc1cc(CCNC(=O)c2cn(C3CCNCC3)nn2)ccc1C.Cl. The molecule has 0 spiro atoms. The summed E-state index contributed by atoms with van der Waals surface area (Å²) in [5, 5.41) is 14.4. The maximum Gasteiger partial charge on any atom is 0.273 e. The summed E-state index contributed by atoms with van der Waals surface area (Å²) in [6.07, 6.45) is 4.52. The molecule has 1 aliphatic heterocycles. The van der Waals surface area contributed by atoms with E-state index in [1.54, 1.807) is 13.3 Å². The van der Waals surface area contributed by atoms with Crippen LogP contribution in [-0.4, -0.2) is 47.6 Å². The van der Waals surface area contributed by atoms with Gasteiger partial charge in [0.2, 0.25) is 0 Å². The van der Waals surface area contributed by atoms with E-state index >= 15 is 0 Å². The molecule has 1 fully saturated rings. The molecule has 0 radical (unpaired) electrons. The molecule has 1 aromatic heterocycles. The lowest BCUT2D eigenvalue weighted by atomic mass is 10.1. The van der Waals surface area contributed by atoms with E-state index in [-0.39, 0.29) is 18.3 Å². The third-order valence-corrected chi connectivity index (χ3v) is 4.60. The number of carbonyl (C=O) groups excluding carboxylic acids is 1. The smallest absolute Gasteiger partial charge is 0.273 e. The lowest BCUT2D eigenvalue weighted by molar-refractivity contribution is 0.0949. The van der Waals surface area contributed by atoms with E-state index in [2.05, 4.69) is 27.0 Å². The molecular formula is C18H26ClN5O2. The number of rotatable bonds is 6. The van der Waals surface area contributed by atoms with Crippen LogP contribution >= 0.6 is 12.4 Å². The molecule has 7 nitrogen and oxygen atoms in total. The van der Waals surface area contributed by atoms with Crippen LogP contribution in [0.4, 0.5) is 0 Å². The first kappa shape index (κ1) is 20.2. The highest BCUT2D eigenvalue weighted by Gasteiger charge is 2.18. The molecule has 1 aliphatic rings. The summed E-state index contributed by atoms with van der Waals surface area (Å²) in [6, 6.07) is 6.42. The highest BCUT2D eigenvalue weighted by molar-refractivity contribution is 5.91. The van der Waals surface area contributed by atoms with E-state index in [4.69, 9.17) is 4.74 Å². The summed E-state index contributed by atoms with van der Waals surface area (Å²) in [5.74, 6) is 0.688. The van der Waals surface area contributed by atoms with E-state index in [1.807, 2.05) is 23.7 Å². The summed E-state index contributed by atoms with van der Waals surface area (Å²) in [5.41, 5.74) is 2.60. The van der Waals surface area contributed by atoms with E-state index in [0.29, 0.717) is 18.3 Å². The van der Waals surface area contributed by atoms with Crippen LogP contribution in [0.5, 0.6) is 5.75 Å². The number of hydrogen-bond donors (Lipinski definition) is 2. The molecule has 2 N–H and O–H groups in total. The number of nitrogens with zero attached hydrogens (tertiary/aromatic N) is 3. The molecule has 0 bridgehead atoms. The van der Waals surface area contributed by atoms with Gasteiger partial charge in [-0.1, -0.05) is 17.3 Å². The monoisotopic (exact) mass is 379 g/mol. The molecule has 0 unspecified atom stereocenters. The van der Waals surface area contributed by atoms with E-state index in [1.165, 1.54) is 0 Å². The zero-order valence-electron chi connectivity index (χ0n) is 15.2. The number of methoxy groups -OCH3 is 1. The first-order valence-corrected chi connectivity index (χ1v) is 8.71. The van der Waals surface area contributed by atoms with Crippen LogP contribution in [0, 0.1) is 6.92 Å². The summed E-state index contributed by atoms with van der Waals surface area (Å²) in [7, 11) is 1.67. The van der Waals surface area contributed by atoms with Crippen LogP contribution in [0.2, 0.25) is 0 Å². The van der Waals surface area contributed by atoms with Crippen LogP contribution in [0.1, 0.15) is 40.5 Å². The van der Waals surface area contributed by atoms with Gasteiger partial charge in [0.05, 0.1) is 19.3 Å². The quantitative estimate of drug-likeness (QED) is 0.801. The maximum absolute atomic E-state index is 12.2. The van der Waals surface area contributed by atoms with Crippen molar-refractivity contribution in [3.05, 3.63) is 41.2 Å². The molecule has 1 aromatic carbocycles. The Balaban J connectivity index is 0.00000243. The van der Waals surface area contributed by atoms with Gasteiger partial charge in [-0.05, 0) is 56.5 Å². The van der Waals surface area contributed by atoms with E-state index < -0.39 is 0 Å². The van der Waals surface area contributed by atoms with Crippen molar-refractivity contribution in [1.29, 1.82) is 0 Å². The van der Waals surface area contributed by atoms with Gasteiger partial charge >= 0.3 is 0 Å². The summed E-state index contributed by atoms with van der Waals surface area (Å²) in [6.45, 7) is 4.51. The van der Waals surface area contributed by atoms with Crippen LogP contribution in [0.25, 0.3) is 0 Å². The van der Waals surface area contributed by atoms with Gasteiger partial charge in [-0.15, -0.1) is 17.5 Å². The van der Waals surface area contributed by atoms with Crippen LogP contribution in [-0.2, 0) is 6.42 Å². The van der Waals surface area contributed by atoms with Crippen LogP contribution < -0.4 is 15.4 Å². The van der Waals surface area contributed by atoms with Crippen molar-refractivity contribution < 1.29 is 9.53 Å². The highest BCUT2D eigenvalue weighted by atomic mass is 35.5. The number of benzene rings is 1. The molecule has 26 heavy (non-hydrogen) atoms. The first-order valence-electron chi connectivity index (χ1n) is 8.71. The van der Waals surface area contributed by atoms with Crippen molar-refractivity contribution in [2.45, 2.75) is 32.2 Å². The topological polar surface area (TPSA) is 81.1 Å². The number of piperidine rings is 1. The Labute approximate surface area is 159 Å². The van der Waals surface area contributed by atoms with Gasteiger partial charge < -0.3 is 15.4 Å². The maximum atomic E-state index is 12.2. The van der Waals surface area contributed by atoms with Gasteiger partial charge in [0.15, 0.2) is 5.69 Å². The number of aromatic nitrogens is 3. The molecular weight excluding hydrogens is 354 g/mol. The Morgan fingerprint density at radius 1 is 1.38 bits per heavy atom. The Morgan fingerprint density at radius 3 is 2.88 bits per heavy atom. The van der Waals surface area contributed by atoms with Gasteiger partial charge in [0.1, 0.15) is 5.75 Å². The standard InChI is InChI=1S/C18H25N5O2.ClH/c1-13-3-4-14(11-17(13)25-2)5-10-20-18(24)16-12-23(22-21-16)15-6-8-19-9-7-15;/h3-4,11-12,15,19H,5-10H2,1-2H3,(H,20,24);1H. The number of carbonyl (C=O) groups is 1. The Morgan fingerprint density at radius 2 is 2.15 bits per heavy atom. The average molecular weight is 380 g/mol. The molecule has 3 rings (SSSR count). The van der Waals surface area contributed by atoms with Gasteiger partial charge in [-0.2, -0.15) is 0 Å². The number of amides is 1. The molecule has 1 amide bonds. The second-order valence-electron chi connectivity index (χ2n) is 6.37. The number of hydrogen-bond acceptors (Lipinski definition) is 5. The molecule has 2 heterocycles. The number of ether oxygens (including phenoxy) is 1. The van der Waals surface area contributed by atoms with Gasteiger partial charge in [0.25, 0.3) is 5.91 Å². The second-order valence-corrected chi connectivity index (χ2v) is 6.37. The highest BCUT2D eigenvalue weighted by Crippen LogP contribution is 2.19. The average Bonchev–Trinajstić information content (AvgIpc) is 3.14. The minimum absolute atomic E-state index is 0. The molecule has 0 atom stereocenters. The predicted octanol–water partition coefficient (Wildman–Crippen LogP) is 1.91. The van der Waals surface area contributed by atoms with Crippen molar-refractivity contribution >= 4 is 18.3 Å². The summed E-state index contributed by atoms with van der Waals surface area (Å²) in [4.78, 5) is 12.2. The molecule has 2 aromatic rings. The summed E-state index contributed by atoms with van der Waals surface area (Å²) < 4.78 is 7.15. The minimum Gasteiger partial charge on any atom is -0.496 e. The Hall–Kier alpha value is -2.12. The van der Waals surface area contributed by atoms with Gasteiger partial charge in [-0.3, -0.25) is 4.79 Å². The van der Waals surface area contributed by atoms with Crippen molar-refractivity contribution in [1.82, 2.24) is 25.6 Å². The van der Waals surface area contributed by atoms with Crippen LogP contribution in [0.3, 0.4) is 0 Å². The minimum atomic E-state index is -0.181. The van der Waals surface area contributed by atoms with Crippen molar-refractivity contribution in [2.75, 3.05) is 26.7 Å². The normalized spacial score (nSPS) is 14.5. The lowest BCUT2D eigenvalue weighted by Crippen LogP contribution is -2.29. The Kier molecular flexibility index (Phi) is 7.41. The predicted molar refractivity (Wildman–Crippen MR) is 102 cm³/mol. The number of nitrogens with one attached hydrogen (secondary N) is 2. The van der Waals surface area contributed by atoms with Crippen molar-refractivity contribution in [3.8, 4) is 5.75 Å². The lowest BCUT2D eigenvalue weighted by Gasteiger charge is -2.22. The van der Waals surface area contributed by atoms with Gasteiger partial charge in [-0.25, -0.2) is 4.68 Å². The summed E-state index contributed by atoms with van der Waals surface area (Å²) >= 11 is 0. The van der Waals surface area contributed by atoms with Gasteiger partial charge in [0, 0.05) is 6.54 Å². The fraction of sp³-hybridized carbons (Fsp3) is 0.500. The third kappa shape index (κ3) is 4.95. The largest absolute Gasteiger partial charge is 0.496 e. The van der Waals surface area contributed by atoms with Crippen molar-refractivity contribution in [3.63, 3.8) is 0 Å². The second kappa shape index (κ2) is 9.54. The molecule has 8 heteroatoms. The third-order valence-electron chi connectivity index (χ3n) is 4.60. The molecule has 142 valence electrons. The first-order chi connectivity index (χ1) is 12.2. The van der Waals surface area contributed by atoms with E-state index in [9.17, 15) is 4.79 Å². The Bertz CT molecular complexity index is 728. The number of aryl methyl sites for hydroxylation is 1. The zero-order valence-corrected chi connectivity index (χ0v) is 16.0. The number of halogens is 1. The van der Waals surface area contributed by atoms with E-state index in [0.717, 1.165) is 49.2 Å². The fourth-order valence-electron chi connectivity index (χ4n) is 3.06. The zero-order chi connectivity index (χ0) is 17.6. The molecule has 0 aliphatic carbocycles.